The highest BCUT2D eigenvalue weighted by Gasteiger charge is 2.39. The Morgan fingerprint density at radius 1 is 0.952 bits per heavy atom. The van der Waals surface area contributed by atoms with E-state index in [4.69, 9.17) is 0 Å². The largest absolute Gasteiger partial charge is 0.508 e. The third-order valence-corrected chi connectivity index (χ3v) is 4.65. The zero-order valence-electron chi connectivity index (χ0n) is 12.2. The predicted octanol–water partition coefficient (Wildman–Crippen LogP) is 4.02. The van der Waals surface area contributed by atoms with E-state index in [0.717, 1.165) is 24.8 Å². The SMILES string of the molecule is Oc1ccc(CC2(O)CCCCC2c2ccccc2)cc1. The zero-order chi connectivity index (χ0) is 14.7. The Labute approximate surface area is 126 Å². The van der Waals surface area contributed by atoms with Gasteiger partial charge in [0.2, 0.25) is 0 Å². The maximum atomic E-state index is 11.2. The van der Waals surface area contributed by atoms with Crippen LogP contribution >= 0.6 is 0 Å². The fourth-order valence-corrected chi connectivity index (χ4v) is 3.56. The summed E-state index contributed by atoms with van der Waals surface area (Å²) in [6.45, 7) is 0. The van der Waals surface area contributed by atoms with Gasteiger partial charge in [-0.15, -0.1) is 0 Å². The molecular formula is C19H22O2. The number of benzene rings is 2. The zero-order valence-corrected chi connectivity index (χ0v) is 12.2. The van der Waals surface area contributed by atoms with Crippen molar-refractivity contribution in [3.8, 4) is 5.75 Å². The highest BCUT2D eigenvalue weighted by Crippen LogP contribution is 2.42. The first kappa shape index (κ1) is 14.2. The Balaban J connectivity index is 1.86. The van der Waals surface area contributed by atoms with Crippen LogP contribution in [0.4, 0.5) is 0 Å². The lowest BCUT2D eigenvalue weighted by Gasteiger charge is -2.40. The van der Waals surface area contributed by atoms with Crippen molar-refractivity contribution in [1.82, 2.24) is 0 Å². The second-order valence-corrected chi connectivity index (χ2v) is 6.16. The van der Waals surface area contributed by atoms with Crippen LogP contribution in [0, 0.1) is 0 Å². The van der Waals surface area contributed by atoms with Crippen molar-refractivity contribution in [3.05, 3.63) is 65.7 Å². The molecule has 1 saturated carbocycles. The van der Waals surface area contributed by atoms with E-state index in [0.29, 0.717) is 6.42 Å². The van der Waals surface area contributed by atoms with Crippen LogP contribution in [0.2, 0.25) is 0 Å². The van der Waals surface area contributed by atoms with Crippen LogP contribution in [0.15, 0.2) is 54.6 Å². The molecule has 3 rings (SSSR count). The van der Waals surface area contributed by atoms with Gasteiger partial charge in [-0.25, -0.2) is 0 Å². The molecule has 0 aliphatic heterocycles. The number of rotatable bonds is 3. The van der Waals surface area contributed by atoms with Crippen molar-refractivity contribution < 1.29 is 10.2 Å². The number of hydrogen-bond donors (Lipinski definition) is 2. The van der Waals surface area contributed by atoms with E-state index in [9.17, 15) is 10.2 Å². The summed E-state index contributed by atoms with van der Waals surface area (Å²) in [5, 5.41) is 20.6. The molecule has 0 spiro atoms. The van der Waals surface area contributed by atoms with Crippen LogP contribution in [-0.4, -0.2) is 15.8 Å². The maximum absolute atomic E-state index is 11.2. The molecule has 1 aliphatic rings. The number of phenols is 1. The number of phenolic OH excluding ortho intramolecular Hbond substituents is 1. The van der Waals surface area contributed by atoms with Gasteiger partial charge in [0.15, 0.2) is 0 Å². The van der Waals surface area contributed by atoms with Gasteiger partial charge in [0, 0.05) is 12.3 Å². The summed E-state index contributed by atoms with van der Waals surface area (Å²) >= 11 is 0. The third-order valence-electron chi connectivity index (χ3n) is 4.65. The summed E-state index contributed by atoms with van der Waals surface area (Å²) < 4.78 is 0. The molecule has 2 atom stereocenters. The second kappa shape index (κ2) is 5.90. The van der Waals surface area contributed by atoms with Gasteiger partial charge in [-0.05, 0) is 36.1 Å². The Bertz CT molecular complexity index is 576. The van der Waals surface area contributed by atoms with Crippen LogP contribution < -0.4 is 0 Å². The summed E-state index contributed by atoms with van der Waals surface area (Å²) in [5.41, 5.74) is 1.63. The predicted molar refractivity (Wildman–Crippen MR) is 84.4 cm³/mol. The first-order chi connectivity index (χ1) is 10.2. The summed E-state index contributed by atoms with van der Waals surface area (Å²) in [6, 6.07) is 17.6. The van der Waals surface area contributed by atoms with Gasteiger partial charge >= 0.3 is 0 Å². The Hall–Kier alpha value is -1.80. The smallest absolute Gasteiger partial charge is 0.115 e. The minimum atomic E-state index is -0.684. The van der Waals surface area contributed by atoms with E-state index in [-0.39, 0.29) is 11.7 Å². The number of aromatic hydroxyl groups is 1. The molecule has 0 amide bonds. The minimum Gasteiger partial charge on any atom is -0.508 e. The average molecular weight is 282 g/mol. The molecule has 1 fully saturated rings. The quantitative estimate of drug-likeness (QED) is 0.892. The molecule has 2 aromatic carbocycles. The Morgan fingerprint density at radius 3 is 2.38 bits per heavy atom. The molecule has 0 saturated heterocycles. The highest BCUT2D eigenvalue weighted by atomic mass is 16.3. The molecule has 0 aromatic heterocycles. The summed E-state index contributed by atoms with van der Waals surface area (Å²) in [4.78, 5) is 0. The van der Waals surface area contributed by atoms with E-state index >= 15 is 0 Å². The van der Waals surface area contributed by atoms with Crippen LogP contribution in [0.25, 0.3) is 0 Å². The molecule has 0 heterocycles. The second-order valence-electron chi connectivity index (χ2n) is 6.16. The van der Waals surface area contributed by atoms with Gasteiger partial charge in [0.1, 0.15) is 5.75 Å². The van der Waals surface area contributed by atoms with Gasteiger partial charge in [-0.3, -0.25) is 0 Å². The summed E-state index contributed by atoms with van der Waals surface area (Å²) in [6.07, 6.45) is 4.79. The molecule has 2 N–H and O–H groups in total. The first-order valence-electron chi connectivity index (χ1n) is 7.73. The molecular weight excluding hydrogens is 260 g/mol. The molecule has 2 unspecified atom stereocenters. The first-order valence-corrected chi connectivity index (χ1v) is 7.73. The van der Waals surface area contributed by atoms with E-state index < -0.39 is 5.60 Å². The van der Waals surface area contributed by atoms with E-state index in [1.165, 1.54) is 12.0 Å². The molecule has 2 aromatic rings. The number of hydrogen-bond acceptors (Lipinski definition) is 2. The normalized spacial score (nSPS) is 25.7. The van der Waals surface area contributed by atoms with Crippen LogP contribution in [0.5, 0.6) is 5.75 Å². The van der Waals surface area contributed by atoms with Crippen molar-refractivity contribution in [3.63, 3.8) is 0 Å². The van der Waals surface area contributed by atoms with Crippen molar-refractivity contribution in [1.29, 1.82) is 0 Å². The van der Waals surface area contributed by atoms with Gasteiger partial charge in [-0.2, -0.15) is 0 Å². The van der Waals surface area contributed by atoms with Crippen molar-refractivity contribution in [2.75, 3.05) is 0 Å². The van der Waals surface area contributed by atoms with E-state index in [2.05, 4.69) is 12.1 Å². The lowest BCUT2D eigenvalue weighted by Crippen LogP contribution is -2.41. The molecule has 2 nitrogen and oxygen atoms in total. The average Bonchev–Trinajstić information content (AvgIpc) is 2.51. The van der Waals surface area contributed by atoms with Crippen LogP contribution in [-0.2, 0) is 6.42 Å². The fraction of sp³-hybridized carbons (Fsp3) is 0.368. The molecule has 0 radical (unpaired) electrons. The van der Waals surface area contributed by atoms with Crippen molar-refractivity contribution in [2.45, 2.75) is 43.6 Å². The standard InChI is InChI=1S/C19H22O2/c20-17-11-9-15(10-12-17)14-19(21)13-5-4-8-18(19)16-6-2-1-3-7-16/h1-3,6-7,9-12,18,20-21H,4-5,8,13-14H2. The van der Waals surface area contributed by atoms with Crippen molar-refractivity contribution >= 4 is 0 Å². The fourth-order valence-electron chi connectivity index (χ4n) is 3.56. The molecule has 1 aliphatic carbocycles. The van der Waals surface area contributed by atoms with Gasteiger partial charge in [0.25, 0.3) is 0 Å². The Morgan fingerprint density at radius 2 is 1.67 bits per heavy atom. The molecule has 2 heteroatoms. The summed E-state index contributed by atoms with van der Waals surface area (Å²) in [7, 11) is 0. The topological polar surface area (TPSA) is 40.5 Å². The minimum absolute atomic E-state index is 0.196. The molecule has 0 bridgehead atoms. The van der Waals surface area contributed by atoms with Crippen LogP contribution in [0.3, 0.4) is 0 Å². The van der Waals surface area contributed by atoms with Gasteiger partial charge < -0.3 is 10.2 Å². The Kier molecular flexibility index (Phi) is 3.98. The molecule has 21 heavy (non-hydrogen) atoms. The monoisotopic (exact) mass is 282 g/mol. The van der Waals surface area contributed by atoms with Crippen molar-refractivity contribution in [2.24, 2.45) is 0 Å². The van der Waals surface area contributed by atoms with Gasteiger partial charge in [0.05, 0.1) is 5.60 Å². The van der Waals surface area contributed by atoms with E-state index in [1.54, 1.807) is 12.1 Å². The maximum Gasteiger partial charge on any atom is 0.115 e. The molecule has 110 valence electrons. The lowest BCUT2D eigenvalue weighted by atomic mass is 9.69. The lowest BCUT2D eigenvalue weighted by molar-refractivity contribution is -0.0167. The summed E-state index contributed by atoms with van der Waals surface area (Å²) in [5.74, 6) is 0.468. The highest BCUT2D eigenvalue weighted by molar-refractivity contribution is 5.30. The number of aliphatic hydroxyl groups is 1. The van der Waals surface area contributed by atoms with E-state index in [1.807, 2.05) is 30.3 Å². The van der Waals surface area contributed by atoms with Crippen LogP contribution in [0.1, 0.15) is 42.7 Å². The third kappa shape index (κ3) is 3.11. The van der Waals surface area contributed by atoms with Gasteiger partial charge in [-0.1, -0.05) is 55.3 Å².